The van der Waals surface area contributed by atoms with Crippen LogP contribution in [0.25, 0.3) is 22.4 Å². The summed E-state index contributed by atoms with van der Waals surface area (Å²) in [5, 5.41) is 9.77. The van der Waals surface area contributed by atoms with Gasteiger partial charge >= 0.3 is 5.97 Å². The molecule has 2 heterocycles. The molecule has 0 bridgehead atoms. The average Bonchev–Trinajstić information content (AvgIpc) is 2.95. The second-order valence-corrected chi connectivity index (χ2v) is 4.39. The second-order valence-electron chi connectivity index (χ2n) is 4.39. The predicted molar refractivity (Wildman–Crippen MR) is 69.8 cm³/mol. The summed E-state index contributed by atoms with van der Waals surface area (Å²) in [6, 6.07) is 7.93. The zero-order valence-corrected chi connectivity index (χ0v) is 10.3. The molecule has 0 radical (unpaired) electrons. The first-order chi connectivity index (χ1) is 9.15. The van der Waals surface area contributed by atoms with Crippen LogP contribution >= 0.6 is 0 Å². The zero-order chi connectivity index (χ0) is 13.4. The third-order valence-electron chi connectivity index (χ3n) is 3.01. The molecule has 0 aliphatic carbocycles. The number of hydrogen-bond donors (Lipinski definition) is 1. The highest BCUT2D eigenvalue weighted by molar-refractivity contribution is 5.94. The first-order valence-corrected chi connectivity index (χ1v) is 5.86. The van der Waals surface area contributed by atoms with Gasteiger partial charge in [-0.25, -0.2) is 4.98 Å². The number of benzene rings is 1. The number of carboxylic acid groups (broad SMARTS) is 1. The molecule has 0 atom stereocenters. The van der Waals surface area contributed by atoms with E-state index in [-0.39, 0.29) is 6.42 Å². The molecule has 0 unspecified atom stereocenters. The molecule has 5 heteroatoms. The Balaban J connectivity index is 2.09. The third kappa shape index (κ3) is 1.99. The van der Waals surface area contributed by atoms with Gasteiger partial charge in [0.1, 0.15) is 6.26 Å². The molecule has 1 aromatic carbocycles. The summed E-state index contributed by atoms with van der Waals surface area (Å²) in [5.74, 6) is -0.467. The molecule has 3 rings (SSSR count). The molecular formula is C14H12N2O3. The number of hydrogen-bond acceptors (Lipinski definition) is 3. The highest BCUT2D eigenvalue weighted by Crippen LogP contribution is 2.29. The molecule has 1 N–H and O–H groups in total. The molecule has 0 fully saturated rings. The molecule has 0 amide bonds. The minimum atomic E-state index is -0.919. The van der Waals surface area contributed by atoms with Crippen LogP contribution < -0.4 is 0 Å². The third-order valence-corrected chi connectivity index (χ3v) is 3.01. The Bertz CT molecular complexity index is 755. The lowest BCUT2D eigenvalue weighted by Gasteiger charge is -1.93. The molecule has 0 aliphatic rings. The number of rotatable bonds is 3. The van der Waals surface area contributed by atoms with Gasteiger partial charge in [0.15, 0.2) is 0 Å². The number of oxazole rings is 1. The van der Waals surface area contributed by atoms with E-state index in [1.54, 1.807) is 0 Å². The normalized spacial score (nSPS) is 11.0. The Labute approximate surface area is 109 Å². The van der Waals surface area contributed by atoms with Crippen molar-refractivity contribution in [3.63, 3.8) is 0 Å². The SMILES string of the molecule is Cn1cc(-c2nc(CC(=O)O)co2)c2ccccc21. The zero-order valence-electron chi connectivity index (χ0n) is 10.3. The first-order valence-electron chi connectivity index (χ1n) is 5.86. The van der Waals surface area contributed by atoms with Gasteiger partial charge in [0.2, 0.25) is 5.89 Å². The number of aromatic nitrogens is 2. The monoisotopic (exact) mass is 256 g/mol. The quantitative estimate of drug-likeness (QED) is 0.781. The van der Waals surface area contributed by atoms with Gasteiger partial charge in [-0.05, 0) is 6.07 Å². The van der Waals surface area contributed by atoms with E-state index in [4.69, 9.17) is 9.52 Å². The maximum absolute atomic E-state index is 10.6. The van der Waals surface area contributed by atoms with Crippen molar-refractivity contribution < 1.29 is 14.3 Å². The Morgan fingerprint density at radius 3 is 3.00 bits per heavy atom. The van der Waals surface area contributed by atoms with Crippen LogP contribution in [-0.4, -0.2) is 20.6 Å². The summed E-state index contributed by atoms with van der Waals surface area (Å²) < 4.78 is 7.38. The van der Waals surface area contributed by atoms with Crippen molar-refractivity contribution in [2.75, 3.05) is 0 Å². The fraction of sp³-hybridized carbons (Fsp3) is 0.143. The van der Waals surface area contributed by atoms with Crippen molar-refractivity contribution in [2.24, 2.45) is 7.05 Å². The van der Waals surface area contributed by atoms with Gasteiger partial charge in [-0.15, -0.1) is 0 Å². The van der Waals surface area contributed by atoms with Gasteiger partial charge in [-0.2, -0.15) is 0 Å². The van der Waals surface area contributed by atoms with Gasteiger partial charge in [-0.1, -0.05) is 18.2 Å². The minimum absolute atomic E-state index is 0.131. The average molecular weight is 256 g/mol. The number of aryl methyl sites for hydroxylation is 1. The van der Waals surface area contributed by atoms with Crippen LogP contribution in [0.5, 0.6) is 0 Å². The number of carbonyl (C=O) groups is 1. The van der Waals surface area contributed by atoms with Crippen LogP contribution in [0.3, 0.4) is 0 Å². The summed E-state index contributed by atoms with van der Waals surface area (Å²) in [6.45, 7) is 0. The summed E-state index contributed by atoms with van der Waals surface area (Å²) in [5.41, 5.74) is 2.38. The van der Waals surface area contributed by atoms with Gasteiger partial charge in [-0.3, -0.25) is 4.79 Å². The highest BCUT2D eigenvalue weighted by Gasteiger charge is 2.14. The van der Waals surface area contributed by atoms with Crippen LogP contribution in [0.2, 0.25) is 0 Å². The second kappa shape index (κ2) is 4.28. The van der Waals surface area contributed by atoms with E-state index in [1.807, 2.05) is 42.1 Å². The lowest BCUT2D eigenvalue weighted by Crippen LogP contribution is -1.99. The van der Waals surface area contributed by atoms with Crippen LogP contribution in [-0.2, 0) is 18.3 Å². The Morgan fingerprint density at radius 1 is 1.42 bits per heavy atom. The van der Waals surface area contributed by atoms with Gasteiger partial charge < -0.3 is 14.1 Å². The van der Waals surface area contributed by atoms with Crippen molar-refractivity contribution in [3.8, 4) is 11.5 Å². The van der Waals surface area contributed by atoms with Crippen LogP contribution in [0.4, 0.5) is 0 Å². The predicted octanol–water partition coefficient (Wildman–Crippen LogP) is 2.46. The van der Waals surface area contributed by atoms with E-state index in [9.17, 15) is 4.79 Å². The van der Waals surface area contributed by atoms with Crippen molar-refractivity contribution in [1.82, 2.24) is 9.55 Å². The van der Waals surface area contributed by atoms with E-state index < -0.39 is 5.97 Å². The maximum atomic E-state index is 10.6. The number of aliphatic carboxylic acids is 1. The number of carboxylic acids is 1. The fourth-order valence-corrected chi connectivity index (χ4v) is 2.18. The number of para-hydroxylation sites is 1. The van der Waals surface area contributed by atoms with Crippen LogP contribution in [0, 0.1) is 0 Å². The van der Waals surface area contributed by atoms with E-state index >= 15 is 0 Å². The molecule has 0 saturated heterocycles. The molecule has 5 nitrogen and oxygen atoms in total. The fourth-order valence-electron chi connectivity index (χ4n) is 2.18. The number of fused-ring (bicyclic) bond motifs is 1. The Hall–Kier alpha value is -2.56. The first kappa shape index (κ1) is 11.5. The molecular weight excluding hydrogens is 244 g/mol. The van der Waals surface area contributed by atoms with E-state index in [0.717, 1.165) is 16.5 Å². The molecule has 2 aromatic heterocycles. The molecule has 96 valence electrons. The van der Waals surface area contributed by atoms with Crippen molar-refractivity contribution in [1.29, 1.82) is 0 Å². The standard InChI is InChI=1S/C14H12N2O3/c1-16-7-11(10-4-2-3-5-12(10)16)14-15-9(8-19-14)6-13(17)18/h2-5,7-8H,6H2,1H3,(H,17,18). The lowest BCUT2D eigenvalue weighted by atomic mass is 10.2. The largest absolute Gasteiger partial charge is 0.481 e. The maximum Gasteiger partial charge on any atom is 0.309 e. The van der Waals surface area contributed by atoms with Gasteiger partial charge in [0.25, 0.3) is 0 Å². The molecule has 0 saturated carbocycles. The highest BCUT2D eigenvalue weighted by atomic mass is 16.4. The van der Waals surface area contributed by atoms with Gasteiger partial charge in [0, 0.05) is 24.1 Å². The minimum Gasteiger partial charge on any atom is -0.481 e. The summed E-state index contributed by atoms with van der Waals surface area (Å²) in [7, 11) is 1.95. The molecule has 19 heavy (non-hydrogen) atoms. The summed E-state index contributed by atoms with van der Waals surface area (Å²) in [4.78, 5) is 14.9. The van der Waals surface area contributed by atoms with Crippen molar-refractivity contribution >= 4 is 16.9 Å². The smallest absolute Gasteiger partial charge is 0.309 e. The Kier molecular flexibility index (Phi) is 2.59. The summed E-state index contributed by atoms with van der Waals surface area (Å²) >= 11 is 0. The van der Waals surface area contributed by atoms with Crippen LogP contribution in [0.1, 0.15) is 5.69 Å². The molecule has 0 spiro atoms. The van der Waals surface area contributed by atoms with Gasteiger partial charge in [0.05, 0.1) is 17.7 Å². The molecule has 3 aromatic rings. The van der Waals surface area contributed by atoms with Crippen LogP contribution in [0.15, 0.2) is 41.1 Å². The van der Waals surface area contributed by atoms with E-state index in [2.05, 4.69) is 4.98 Å². The summed E-state index contributed by atoms with van der Waals surface area (Å²) in [6.07, 6.45) is 3.19. The molecule has 0 aliphatic heterocycles. The number of nitrogens with zero attached hydrogens (tertiary/aromatic N) is 2. The topological polar surface area (TPSA) is 68.3 Å². The van der Waals surface area contributed by atoms with E-state index in [1.165, 1.54) is 6.26 Å². The van der Waals surface area contributed by atoms with Crippen molar-refractivity contribution in [2.45, 2.75) is 6.42 Å². The Morgan fingerprint density at radius 2 is 2.21 bits per heavy atom. The van der Waals surface area contributed by atoms with Crippen molar-refractivity contribution in [3.05, 3.63) is 42.4 Å². The van der Waals surface area contributed by atoms with E-state index in [0.29, 0.717) is 11.6 Å². The lowest BCUT2D eigenvalue weighted by molar-refractivity contribution is -0.136.